The van der Waals surface area contributed by atoms with Crippen LogP contribution >= 0.6 is 22.9 Å². The molecule has 1 N–H and O–H groups in total. The summed E-state index contributed by atoms with van der Waals surface area (Å²) in [6.45, 7) is 4.70. The second kappa shape index (κ2) is 7.74. The van der Waals surface area contributed by atoms with Crippen LogP contribution in [-0.4, -0.2) is 34.7 Å². The first kappa shape index (κ1) is 15.4. The summed E-state index contributed by atoms with van der Waals surface area (Å²) in [5.41, 5.74) is 2.30. The van der Waals surface area contributed by atoms with Crippen molar-refractivity contribution >= 4 is 22.9 Å². The Labute approximate surface area is 128 Å². The molecule has 1 heterocycles. The van der Waals surface area contributed by atoms with E-state index in [1.54, 1.807) is 11.3 Å². The Morgan fingerprint density at radius 1 is 1.30 bits per heavy atom. The highest BCUT2D eigenvalue weighted by Gasteiger charge is 2.07. The molecule has 0 unspecified atom stereocenters. The molecular weight excluding hydrogens is 292 g/mol. The Hall–Kier alpha value is -0.940. The molecule has 2 aromatic rings. The maximum Gasteiger partial charge on any atom is 0.0972 e. The van der Waals surface area contributed by atoms with Crippen LogP contribution in [0.2, 0.25) is 5.02 Å². The average molecular weight is 311 g/mol. The first-order valence-corrected chi connectivity index (χ1v) is 7.98. The molecular formula is C15H19ClN2OS. The van der Waals surface area contributed by atoms with Crippen LogP contribution in [0, 0.1) is 0 Å². The Kier molecular flexibility index (Phi) is 5.98. The molecule has 108 valence electrons. The van der Waals surface area contributed by atoms with Crippen molar-refractivity contribution in [2.24, 2.45) is 0 Å². The Morgan fingerprint density at radius 3 is 2.70 bits per heavy atom. The summed E-state index contributed by atoms with van der Waals surface area (Å²) in [5, 5.41) is 13.0. The van der Waals surface area contributed by atoms with Gasteiger partial charge in [-0.15, -0.1) is 11.3 Å². The molecule has 0 atom stereocenters. The van der Waals surface area contributed by atoms with Gasteiger partial charge in [0.25, 0.3) is 0 Å². The van der Waals surface area contributed by atoms with Crippen LogP contribution in [0.15, 0.2) is 29.6 Å². The summed E-state index contributed by atoms with van der Waals surface area (Å²) >= 11 is 7.57. The fourth-order valence-corrected chi connectivity index (χ4v) is 2.94. The van der Waals surface area contributed by atoms with Crippen molar-refractivity contribution in [3.8, 4) is 0 Å². The molecule has 20 heavy (non-hydrogen) atoms. The lowest BCUT2D eigenvalue weighted by Gasteiger charge is -2.17. The highest BCUT2D eigenvalue weighted by molar-refractivity contribution is 7.09. The van der Waals surface area contributed by atoms with Crippen LogP contribution < -0.4 is 0 Å². The van der Waals surface area contributed by atoms with Crippen molar-refractivity contribution in [3.05, 3.63) is 50.9 Å². The molecule has 2 rings (SSSR count). The van der Waals surface area contributed by atoms with Crippen molar-refractivity contribution < 1.29 is 5.11 Å². The quantitative estimate of drug-likeness (QED) is 0.853. The lowest BCUT2D eigenvalue weighted by Crippen LogP contribution is -2.26. The van der Waals surface area contributed by atoms with Gasteiger partial charge in [0.1, 0.15) is 0 Å². The Balaban J connectivity index is 1.96. The summed E-state index contributed by atoms with van der Waals surface area (Å²) < 4.78 is 0. The SMILES string of the molecule is CCN(CCO)Cc1csc(Cc2ccc(Cl)cc2)n1. The number of halogens is 1. The number of hydrogen-bond acceptors (Lipinski definition) is 4. The molecule has 0 radical (unpaired) electrons. The molecule has 0 aliphatic heterocycles. The van der Waals surface area contributed by atoms with Gasteiger partial charge in [0.2, 0.25) is 0 Å². The number of aliphatic hydroxyl groups excluding tert-OH is 1. The van der Waals surface area contributed by atoms with E-state index in [2.05, 4.69) is 22.2 Å². The van der Waals surface area contributed by atoms with E-state index in [9.17, 15) is 0 Å². The van der Waals surface area contributed by atoms with Gasteiger partial charge >= 0.3 is 0 Å². The number of thiazole rings is 1. The summed E-state index contributed by atoms with van der Waals surface area (Å²) in [6.07, 6.45) is 0.841. The van der Waals surface area contributed by atoms with E-state index in [1.807, 2.05) is 24.3 Å². The summed E-state index contributed by atoms with van der Waals surface area (Å²) in [4.78, 5) is 6.84. The van der Waals surface area contributed by atoms with Crippen LogP contribution in [0.25, 0.3) is 0 Å². The van der Waals surface area contributed by atoms with E-state index < -0.39 is 0 Å². The number of nitrogens with zero attached hydrogens (tertiary/aromatic N) is 2. The van der Waals surface area contributed by atoms with Gasteiger partial charge in [0.15, 0.2) is 0 Å². The Bertz CT molecular complexity index is 527. The highest BCUT2D eigenvalue weighted by Crippen LogP contribution is 2.17. The number of benzene rings is 1. The molecule has 0 aliphatic rings. The second-order valence-corrected chi connectivity index (χ2v) is 6.01. The summed E-state index contributed by atoms with van der Waals surface area (Å²) in [7, 11) is 0. The zero-order chi connectivity index (χ0) is 14.4. The van der Waals surface area contributed by atoms with E-state index >= 15 is 0 Å². The molecule has 5 heteroatoms. The third-order valence-electron chi connectivity index (χ3n) is 3.12. The normalized spacial score (nSPS) is 11.2. The fraction of sp³-hybridized carbons (Fsp3) is 0.400. The molecule has 3 nitrogen and oxygen atoms in total. The van der Waals surface area contributed by atoms with E-state index in [0.29, 0.717) is 6.54 Å². The van der Waals surface area contributed by atoms with Crippen LogP contribution in [-0.2, 0) is 13.0 Å². The zero-order valence-corrected chi connectivity index (χ0v) is 13.1. The van der Waals surface area contributed by atoms with Gasteiger partial charge in [-0.3, -0.25) is 4.90 Å². The van der Waals surface area contributed by atoms with Crippen LogP contribution in [0.5, 0.6) is 0 Å². The summed E-state index contributed by atoms with van der Waals surface area (Å²) in [5.74, 6) is 0. The number of likely N-dealkylation sites (N-methyl/N-ethyl adjacent to an activating group) is 1. The molecule has 1 aromatic heterocycles. The van der Waals surface area contributed by atoms with Crippen molar-refractivity contribution in [2.75, 3.05) is 19.7 Å². The van der Waals surface area contributed by atoms with E-state index in [-0.39, 0.29) is 6.61 Å². The second-order valence-electron chi connectivity index (χ2n) is 4.63. The van der Waals surface area contributed by atoms with Gasteiger partial charge in [-0.2, -0.15) is 0 Å². The van der Waals surface area contributed by atoms with Gasteiger partial charge in [-0.1, -0.05) is 30.7 Å². The third kappa shape index (κ3) is 4.56. The monoisotopic (exact) mass is 310 g/mol. The maximum absolute atomic E-state index is 9.00. The molecule has 0 saturated heterocycles. The smallest absolute Gasteiger partial charge is 0.0972 e. The first-order chi connectivity index (χ1) is 9.71. The molecule has 1 aromatic carbocycles. The van der Waals surface area contributed by atoms with Gasteiger partial charge in [0, 0.05) is 29.9 Å². The van der Waals surface area contributed by atoms with E-state index in [1.165, 1.54) is 5.56 Å². The van der Waals surface area contributed by atoms with Crippen molar-refractivity contribution in [1.29, 1.82) is 0 Å². The minimum Gasteiger partial charge on any atom is -0.395 e. The number of rotatable bonds is 7. The minimum absolute atomic E-state index is 0.190. The van der Waals surface area contributed by atoms with Gasteiger partial charge in [-0.25, -0.2) is 4.98 Å². The zero-order valence-electron chi connectivity index (χ0n) is 11.6. The number of aromatic nitrogens is 1. The molecule has 0 bridgehead atoms. The van der Waals surface area contributed by atoms with Crippen molar-refractivity contribution in [3.63, 3.8) is 0 Å². The largest absolute Gasteiger partial charge is 0.395 e. The number of hydrogen-bond donors (Lipinski definition) is 1. The van der Waals surface area contributed by atoms with E-state index in [4.69, 9.17) is 16.7 Å². The van der Waals surface area contributed by atoms with Gasteiger partial charge < -0.3 is 5.11 Å². The Morgan fingerprint density at radius 2 is 2.05 bits per heavy atom. The molecule has 0 aliphatic carbocycles. The van der Waals surface area contributed by atoms with Crippen LogP contribution in [0.1, 0.15) is 23.2 Å². The highest BCUT2D eigenvalue weighted by atomic mass is 35.5. The molecule has 0 fully saturated rings. The van der Waals surface area contributed by atoms with Crippen molar-refractivity contribution in [2.45, 2.75) is 19.9 Å². The average Bonchev–Trinajstić information content (AvgIpc) is 2.88. The lowest BCUT2D eigenvalue weighted by molar-refractivity contribution is 0.195. The predicted molar refractivity (Wildman–Crippen MR) is 84.4 cm³/mol. The standard InChI is InChI=1S/C15H19ClN2OS/c1-2-18(7-8-19)10-14-11-20-15(17-14)9-12-3-5-13(16)6-4-12/h3-6,11,19H,2,7-10H2,1H3. The van der Waals surface area contributed by atoms with Crippen LogP contribution in [0.3, 0.4) is 0 Å². The molecule has 0 amide bonds. The molecule has 0 saturated carbocycles. The fourth-order valence-electron chi connectivity index (χ4n) is 2.00. The van der Waals surface area contributed by atoms with Gasteiger partial charge in [0.05, 0.1) is 17.3 Å². The topological polar surface area (TPSA) is 36.4 Å². The lowest BCUT2D eigenvalue weighted by atomic mass is 10.2. The minimum atomic E-state index is 0.190. The van der Waals surface area contributed by atoms with Crippen LogP contribution in [0.4, 0.5) is 0 Å². The third-order valence-corrected chi connectivity index (χ3v) is 4.27. The summed E-state index contributed by atoms with van der Waals surface area (Å²) in [6, 6.07) is 7.89. The first-order valence-electron chi connectivity index (χ1n) is 6.72. The van der Waals surface area contributed by atoms with Gasteiger partial charge in [-0.05, 0) is 24.2 Å². The molecule has 0 spiro atoms. The van der Waals surface area contributed by atoms with E-state index in [0.717, 1.165) is 35.2 Å². The maximum atomic E-state index is 9.00. The number of aliphatic hydroxyl groups is 1. The van der Waals surface area contributed by atoms with Crippen molar-refractivity contribution in [1.82, 2.24) is 9.88 Å². The predicted octanol–water partition coefficient (Wildman–Crippen LogP) is 3.20.